The van der Waals surface area contributed by atoms with Crippen molar-refractivity contribution < 1.29 is 5.11 Å². The van der Waals surface area contributed by atoms with Gasteiger partial charge in [-0.15, -0.1) is 0 Å². The van der Waals surface area contributed by atoms with Gasteiger partial charge in [0.1, 0.15) is 5.60 Å². The highest BCUT2D eigenvalue weighted by Crippen LogP contribution is 2.16. The lowest BCUT2D eigenvalue weighted by molar-refractivity contribution is 0.00312. The summed E-state index contributed by atoms with van der Waals surface area (Å²) in [7, 11) is 0. The Bertz CT molecular complexity index is 328. The molecule has 3 N–H and O–H groups in total. The first kappa shape index (κ1) is 9.89. The number of anilines is 1. The zero-order chi connectivity index (χ0) is 10.0. The Balaban J connectivity index is 1.91. The van der Waals surface area contributed by atoms with E-state index in [1.807, 2.05) is 6.07 Å². The standard InChI is InChI=1S/C9H12BrN3O/c10-7-1-8(3-11-2-7)13-6-9(14)4-12-5-9/h1-3,12-14H,4-6H2. The molecule has 0 radical (unpaired) electrons. The van der Waals surface area contributed by atoms with Crippen LogP contribution in [0, 0.1) is 0 Å². The summed E-state index contributed by atoms with van der Waals surface area (Å²) < 4.78 is 0.932. The van der Waals surface area contributed by atoms with Crippen molar-refractivity contribution in [1.82, 2.24) is 10.3 Å². The normalized spacial score (nSPS) is 18.7. The Morgan fingerprint density at radius 1 is 1.57 bits per heavy atom. The minimum atomic E-state index is -0.595. The van der Waals surface area contributed by atoms with E-state index in [1.54, 1.807) is 12.4 Å². The van der Waals surface area contributed by atoms with Crippen LogP contribution < -0.4 is 10.6 Å². The second-order valence-electron chi connectivity index (χ2n) is 3.57. The van der Waals surface area contributed by atoms with E-state index in [9.17, 15) is 5.11 Å². The van der Waals surface area contributed by atoms with Crippen LogP contribution in [0.4, 0.5) is 5.69 Å². The molecular formula is C9H12BrN3O. The molecule has 4 nitrogen and oxygen atoms in total. The molecule has 0 unspecified atom stereocenters. The van der Waals surface area contributed by atoms with Gasteiger partial charge in [-0.25, -0.2) is 0 Å². The van der Waals surface area contributed by atoms with Crippen molar-refractivity contribution in [2.75, 3.05) is 25.0 Å². The van der Waals surface area contributed by atoms with Gasteiger partial charge in [-0.2, -0.15) is 0 Å². The number of nitrogens with one attached hydrogen (secondary N) is 2. The Morgan fingerprint density at radius 3 is 2.93 bits per heavy atom. The number of pyridine rings is 1. The molecule has 0 aromatic carbocycles. The monoisotopic (exact) mass is 257 g/mol. The lowest BCUT2D eigenvalue weighted by Crippen LogP contribution is -2.63. The maximum Gasteiger partial charge on any atom is 0.107 e. The lowest BCUT2D eigenvalue weighted by atomic mass is 9.97. The van der Waals surface area contributed by atoms with Crippen LogP contribution in [0.15, 0.2) is 22.9 Å². The number of hydrogen-bond donors (Lipinski definition) is 3. The summed E-state index contributed by atoms with van der Waals surface area (Å²) >= 11 is 3.34. The van der Waals surface area contributed by atoms with E-state index < -0.39 is 5.60 Å². The van der Waals surface area contributed by atoms with Crippen molar-refractivity contribution in [3.8, 4) is 0 Å². The molecule has 1 aliphatic rings. The third-order valence-corrected chi connectivity index (χ3v) is 2.67. The van der Waals surface area contributed by atoms with Gasteiger partial charge in [-0.3, -0.25) is 4.98 Å². The second-order valence-corrected chi connectivity index (χ2v) is 4.49. The first-order valence-electron chi connectivity index (χ1n) is 4.46. The van der Waals surface area contributed by atoms with Crippen molar-refractivity contribution in [3.05, 3.63) is 22.9 Å². The maximum absolute atomic E-state index is 9.78. The largest absolute Gasteiger partial charge is 0.385 e. The van der Waals surface area contributed by atoms with Gasteiger partial charge < -0.3 is 15.7 Å². The van der Waals surface area contributed by atoms with Crippen LogP contribution in [0.5, 0.6) is 0 Å². The van der Waals surface area contributed by atoms with E-state index in [0.717, 1.165) is 10.2 Å². The Labute approximate surface area is 90.9 Å². The minimum Gasteiger partial charge on any atom is -0.385 e. The first-order chi connectivity index (χ1) is 6.68. The SMILES string of the molecule is OC1(CNc2cncc(Br)c2)CNC1. The Hall–Kier alpha value is -0.650. The van der Waals surface area contributed by atoms with E-state index >= 15 is 0 Å². The average molecular weight is 258 g/mol. The van der Waals surface area contributed by atoms with Crippen LogP contribution in [0.1, 0.15) is 0 Å². The van der Waals surface area contributed by atoms with Crippen molar-refractivity contribution in [1.29, 1.82) is 0 Å². The van der Waals surface area contributed by atoms with Crippen molar-refractivity contribution in [2.24, 2.45) is 0 Å². The summed E-state index contributed by atoms with van der Waals surface area (Å²) in [4.78, 5) is 4.02. The number of hydrogen-bond acceptors (Lipinski definition) is 4. The fraction of sp³-hybridized carbons (Fsp3) is 0.444. The third kappa shape index (κ3) is 2.23. The molecule has 0 saturated carbocycles. The minimum absolute atomic E-state index is 0.554. The molecule has 1 aromatic heterocycles. The molecule has 1 aliphatic heterocycles. The summed E-state index contributed by atoms with van der Waals surface area (Å²) in [5, 5.41) is 16.0. The van der Waals surface area contributed by atoms with Gasteiger partial charge in [-0.1, -0.05) is 0 Å². The number of nitrogens with zero attached hydrogens (tertiary/aromatic N) is 1. The molecule has 14 heavy (non-hydrogen) atoms. The molecule has 2 heterocycles. The number of β-amino-alcohol motifs (C(OH)–C–C–N with tert-alkyl or cyclic N) is 1. The van der Waals surface area contributed by atoms with Crippen LogP contribution in [0.2, 0.25) is 0 Å². The molecule has 1 aromatic rings. The highest BCUT2D eigenvalue weighted by atomic mass is 79.9. The molecule has 5 heteroatoms. The quantitative estimate of drug-likeness (QED) is 0.742. The van der Waals surface area contributed by atoms with Gasteiger partial charge in [-0.05, 0) is 22.0 Å². The van der Waals surface area contributed by atoms with Crippen molar-refractivity contribution >= 4 is 21.6 Å². The van der Waals surface area contributed by atoms with E-state index in [4.69, 9.17) is 0 Å². The van der Waals surface area contributed by atoms with Crippen molar-refractivity contribution in [3.63, 3.8) is 0 Å². The predicted molar refractivity (Wildman–Crippen MR) is 58.2 cm³/mol. The number of aliphatic hydroxyl groups is 1. The molecule has 0 bridgehead atoms. The second kappa shape index (κ2) is 3.84. The zero-order valence-corrected chi connectivity index (χ0v) is 9.21. The summed E-state index contributed by atoms with van der Waals surface area (Å²) in [5.74, 6) is 0. The predicted octanol–water partition coefficient (Wildman–Crippen LogP) is 0.590. The molecule has 0 atom stereocenters. The maximum atomic E-state index is 9.78. The molecule has 0 spiro atoms. The van der Waals surface area contributed by atoms with Crippen molar-refractivity contribution in [2.45, 2.75) is 5.60 Å². The summed E-state index contributed by atoms with van der Waals surface area (Å²) in [6, 6.07) is 1.93. The topological polar surface area (TPSA) is 57.2 Å². The van der Waals surface area contributed by atoms with Crippen LogP contribution in [0.3, 0.4) is 0 Å². The molecule has 1 fully saturated rings. The van der Waals surface area contributed by atoms with Crippen LogP contribution in [0.25, 0.3) is 0 Å². The molecule has 0 aliphatic carbocycles. The van der Waals surface area contributed by atoms with Gasteiger partial charge in [0, 0.05) is 30.3 Å². The number of rotatable bonds is 3. The lowest BCUT2D eigenvalue weighted by Gasteiger charge is -2.37. The van der Waals surface area contributed by atoms with Gasteiger partial charge in [0.2, 0.25) is 0 Å². The molecule has 0 amide bonds. The van der Waals surface area contributed by atoms with Crippen LogP contribution in [-0.4, -0.2) is 35.3 Å². The molecular weight excluding hydrogens is 246 g/mol. The number of halogens is 1. The molecule has 1 saturated heterocycles. The summed E-state index contributed by atoms with van der Waals surface area (Å²) in [6.45, 7) is 1.86. The highest BCUT2D eigenvalue weighted by molar-refractivity contribution is 9.10. The Morgan fingerprint density at radius 2 is 2.36 bits per heavy atom. The Kier molecular flexibility index (Phi) is 2.71. The van der Waals surface area contributed by atoms with Gasteiger partial charge in [0.15, 0.2) is 0 Å². The van der Waals surface area contributed by atoms with Crippen LogP contribution in [-0.2, 0) is 0 Å². The third-order valence-electron chi connectivity index (χ3n) is 2.23. The fourth-order valence-corrected chi connectivity index (χ4v) is 1.68. The van der Waals surface area contributed by atoms with Gasteiger partial charge in [0.25, 0.3) is 0 Å². The van der Waals surface area contributed by atoms with Gasteiger partial charge in [0.05, 0.1) is 11.9 Å². The smallest absolute Gasteiger partial charge is 0.107 e. The van der Waals surface area contributed by atoms with Gasteiger partial charge >= 0.3 is 0 Å². The fourth-order valence-electron chi connectivity index (χ4n) is 1.31. The number of aromatic nitrogens is 1. The summed E-state index contributed by atoms with van der Waals surface area (Å²) in [6.07, 6.45) is 3.46. The van der Waals surface area contributed by atoms with E-state index in [1.165, 1.54) is 0 Å². The van der Waals surface area contributed by atoms with E-state index in [-0.39, 0.29) is 0 Å². The molecule has 2 rings (SSSR count). The average Bonchev–Trinajstić information content (AvgIpc) is 2.12. The first-order valence-corrected chi connectivity index (χ1v) is 5.25. The molecule has 76 valence electrons. The summed E-state index contributed by atoms with van der Waals surface area (Å²) in [5.41, 5.74) is 0.321. The van der Waals surface area contributed by atoms with E-state index in [2.05, 4.69) is 31.5 Å². The zero-order valence-electron chi connectivity index (χ0n) is 7.63. The van der Waals surface area contributed by atoms with E-state index in [0.29, 0.717) is 19.6 Å². The highest BCUT2D eigenvalue weighted by Gasteiger charge is 2.33. The van der Waals surface area contributed by atoms with Crippen LogP contribution >= 0.6 is 15.9 Å².